The third-order valence-corrected chi connectivity index (χ3v) is 4.60. The molecule has 1 aliphatic heterocycles. The first kappa shape index (κ1) is 19.4. The monoisotopic (exact) mass is 383 g/mol. The lowest BCUT2D eigenvalue weighted by molar-refractivity contribution is -0.120. The summed E-state index contributed by atoms with van der Waals surface area (Å²) in [7, 11) is 5.13. The van der Waals surface area contributed by atoms with Crippen LogP contribution in [0.15, 0.2) is 41.7 Å². The fraction of sp³-hybridized carbons (Fsp3) is 0.368. The van der Waals surface area contributed by atoms with Gasteiger partial charge in [-0.05, 0) is 17.7 Å². The Kier molecular flexibility index (Phi) is 5.93. The Balaban J connectivity index is 1.61. The highest BCUT2D eigenvalue weighted by Gasteiger charge is 2.27. The zero-order valence-electron chi connectivity index (χ0n) is 16.3. The number of nitrogens with zero attached hydrogens (tertiary/aromatic N) is 5. The van der Waals surface area contributed by atoms with Crippen LogP contribution in [-0.2, 0) is 18.4 Å². The molecule has 2 amide bonds. The number of carbonyl (C=O) groups excluding carboxylic acids is 2. The second-order valence-electron chi connectivity index (χ2n) is 6.52. The number of benzene rings is 1. The first-order valence-electron chi connectivity index (χ1n) is 9.07. The summed E-state index contributed by atoms with van der Waals surface area (Å²) in [5.74, 6) is 0.539. The van der Waals surface area contributed by atoms with E-state index >= 15 is 0 Å². The number of guanidine groups is 1. The number of hydrogen-bond acceptors (Lipinski definition) is 4. The molecular formula is C19H25N7O2. The fourth-order valence-electron chi connectivity index (χ4n) is 3.15. The van der Waals surface area contributed by atoms with Gasteiger partial charge in [-0.3, -0.25) is 19.3 Å². The van der Waals surface area contributed by atoms with Gasteiger partial charge >= 0.3 is 0 Å². The number of aryl methyl sites for hydroxylation is 1. The number of anilines is 1. The average Bonchev–Trinajstić information content (AvgIpc) is 3.14. The molecule has 2 aromatic rings. The van der Waals surface area contributed by atoms with Crippen molar-refractivity contribution < 1.29 is 9.59 Å². The number of amides is 2. The molecule has 0 saturated carbocycles. The van der Waals surface area contributed by atoms with E-state index in [1.165, 1.54) is 0 Å². The van der Waals surface area contributed by atoms with E-state index in [2.05, 4.69) is 20.7 Å². The summed E-state index contributed by atoms with van der Waals surface area (Å²) in [6.07, 6.45) is 3.53. The standard InChI is InChI=1S/C19H25N7O2/c1-20-18(28)15-6-4-5-14(9-15)10-22-19(21-2)25-7-8-26(17(27)13-25)16-11-23-24(3)12-16/h4-6,9,11-12H,7-8,10,13H2,1-3H3,(H,20,28)(H,21,22). The molecule has 0 aliphatic carbocycles. The van der Waals surface area contributed by atoms with Gasteiger partial charge in [-0.25, -0.2) is 0 Å². The van der Waals surface area contributed by atoms with Crippen LogP contribution in [0.3, 0.4) is 0 Å². The van der Waals surface area contributed by atoms with Crippen molar-refractivity contribution >= 4 is 23.5 Å². The van der Waals surface area contributed by atoms with Crippen LogP contribution in [0.5, 0.6) is 0 Å². The van der Waals surface area contributed by atoms with E-state index in [0.29, 0.717) is 31.2 Å². The molecule has 1 aliphatic rings. The van der Waals surface area contributed by atoms with Gasteiger partial charge in [-0.15, -0.1) is 0 Å². The zero-order chi connectivity index (χ0) is 20.1. The lowest BCUT2D eigenvalue weighted by Gasteiger charge is -2.35. The van der Waals surface area contributed by atoms with Crippen molar-refractivity contribution in [3.05, 3.63) is 47.8 Å². The van der Waals surface area contributed by atoms with Crippen LogP contribution in [-0.4, -0.2) is 66.2 Å². The predicted molar refractivity (Wildman–Crippen MR) is 107 cm³/mol. The highest BCUT2D eigenvalue weighted by molar-refractivity contribution is 5.98. The number of nitrogens with one attached hydrogen (secondary N) is 2. The number of aromatic nitrogens is 2. The Morgan fingerprint density at radius 2 is 2.14 bits per heavy atom. The maximum Gasteiger partial charge on any atom is 0.251 e. The average molecular weight is 383 g/mol. The molecule has 0 unspecified atom stereocenters. The van der Waals surface area contributed by atoms with E-state index in [1.54, 1.807) is 35.9 Å². The largest absolute Gasteiger partial charge is 0.355 e. The summed E-state index contributed by atoms with van der Waals surface area (Å²) >= 11 is 0. The van der Waals surface area contributed by atoms with Crippen molar-refractivity contribution in [3.63, 3.8) is 0 Å². The van der Waals surface area contributed by atoms with E-state index in [1.807, 2.05) is 36.3 Å². The Bertz CT molecular complexity index is 890. The zero-order valence-corrected chi connectivity index (χ0v) is 16.3. The van der Waals surface area contributed by atoms with Gasteiger partial charge in [0, 0.05) is 52.5 Å². The van der Waals surface area contributed by atoms with E-state index in [4.69, 9.17) is 0 Å². The van der Waals surface area contributed by atoms with E-state index in [9.17, 15) is 9.59 Å². The first-order valence-corrected chi connectivity index (χ1v) is 9.07. The minimum Gasteiger partial charge on any atom is -0.355 e. The lowest BCUT2D eigenvalue weighted by atomic mass is 10.1. The molecule has 0 radical (unpaired) electrons. The predicted octanol–water partition coefficient (Wildman–Crippen LogP) is 0.204. The molecule has 1 fully saturated rings. The fourth-order valence-corrected chi connectivity index (χ4v) is 3.15. The Morgan fingerprint density at radius 1 is 1.32 bits per heavy atom. The van der Waals surface area contributed by atoms with E-state index in [0.717, 1.165) is 11.3 Å². The molecule has 3 rings (SSSR count). The maximum absolute atomic E-state index is 12.6. The number of hydrogen-bond donors (Lipinski definition) is 2. The smallest absolute Gasteiger partial charge is 0.251 e. The number of carbonyl (C=O) groups is 2. The molecule has 0 spiro atoms. The Hall–Kier alpha value is -3.36. The van der Waals surface area contributed by atoms with Crippen LogP contribution in [0.1, 0.15) is 15.9 Å². The molecule has 2 heterocycles. The van der Waals surface area contributed by atoms with Crippen molar-refractivity contribution in [1.29, 1.82) is 0 Å². The third-order valence-electron chi connectivity index (χ3n) is 4.60. The highest BCUT2D eigenvalue weighted by Crippen LogP contribution is 2.16. The maximum atomic E-state index is 12.6. The van der Waals surface area contributed by atoms with Gasteiger partial charge in [0.25, 0.3) is 5.91 Å². The van der Waals surface area contributed by atoms with Crippen molar-refractivity contribution in [2.75, 3.05) is 38.6 Å². The molecule has 1 aromatic heterocycles. The van der Waals surface area contributed by atoms with Crippen LogP contribution in [0.2, 0.25) is 0 Å². The van der Waals surface area contributed by atoms with Gasteiger partial charge in [0.1, 0.15) is 6.54 Å². The van der Waals surface area contributed by atoms with Crippen LogP contribution in [0, 0.1) is 0 Å². The van der Waals surface area contributed by atoms with Gasteiger partial charge < -0.3 is 20.4 Å². The van der Waals surface area contributed by atoms with Gasteiger partial charge in [-0.2, -0.15) is 5.10 Å². The molecular weight excluding hydrogens is 358 g/mol. The summed E-state index contributed by atoms with van der Waals surface area (Å²) in [6, 6.07) is 7.40. The van der Waals surface area contributed by atoms with Crippen molar-refractivity contribution in [3.8, 4) is 0 Å². The molecule has 148 valence electrons. The van der Waals surface area contributed by atoms with Crippen molar-refractivity contribution in [2.24, 2.45) is 12.0 Å². The molecule has 0 bridgehead atoms. The topological polar surface area (TPSA) is 94.9 Å². The Labute approximate surface area is 164 Å². The minimum absolute atomic E-state index is 0.00353. The van der Waals surface area contributed by atoms with Crippen LogP contribution in [0.4, 0.5) is 5.69 Å². The van der Waals surface area contributed by atoms with E-state index < -0.39 is 0 Å². The highest BCUT2D eigenvalue weighted by atomic mass is 16.2. The second-order valence-corrected chi connectivity index (χ2v) is 6.52. The van der Waals surface area contributed by atoms with Gasteiger partial charge in [0.15, 0.2) is 5.96 Å². The molecule has 9 heteroatoms. The molecule has 9 nitrogen and oxygen atoms in total. The summed E-state index contributed by atoms with van der Waals surface area (Å²) in [6.45, 7) is 1.98. The lowest BCUT2D eigenvalue weighted by Crippen LogP contribution is -2.55. The SMILES string of the molecule is CN=C(NCc1cccc(C(=O)NC)c1)N1CCN(c2cnn(C)c2)C(=O)C1. The van der Waals surface area contributed by atoms with Crippen molar-refractivity contribution in [1.82, 2.24) is 25.3 Å². The van der Waals surface area contributed by atoms with E-state index in [-0.39, 0.29) is 18.4 Å². The third kappa shape index (κ3) is 4.30. The molecule has 1 saturated heterocycles. The summed E-state index contributed by atoms with van der Waals surface area (Å²) in [5.41, 5.74) is 2.38. The second kappa shape index (κ2) is 8.55. The van der Waals surface area contributed by atoms with Gasteiger partial charge in [0.2, 0.25) is 5.91 Å². The van der Waals surface area contributed by atoms with Crippen LogP contribution < -0.4 is 15.5 Å². The van der Waals surface area contributed by atoms with Crippen molar-refractivity contribution in [2.45, 2.75) is 6.54 Å². The molecule has 0 atom stereocenters. The number of rotatable bonds is 4. The minimum atomic E-state index is -0.122. The summed E-state index contributed by atoms with van der Waals surface area (Å²) in [5, 5.41) is 10.0. The van der Waals surface area contributed by atoms with Gasteiger partial charge in [-0.1, -0.05) is 12.1 Å². The quantitative estimate of drug-likeness (QED) is 0.581. The molecule has 28 heavy (non-hydrogen) atoms. The van der Waals surface area contributed by atoms with Crippen LogP contribution >= 0.6 is 0 Å². The summed E-state index contributed by atoms with van der Waals surface area (Å²) in [4.78, 5) is 32.3. The first-order chi connectivity index (χ1) is 13.5. The number of aliphatic imine (C=N–C) groups is 1. The van der Waals surface area contributed by atoms with Crippen LogP contribution in [0.25, 0.3) is 0 Å². The van der Waals surface area contributed by atoms with Gasteiger partial charge in [0.05, 0.1) is 11.9 Å². The molecule has 1 aromatic carbocycles. The normalized spacial score (nSPS) is 15.0. The molecule has 2 N–H and O–H groups in total. The summed E-state index contributed by atoms with van der Waals surface area (Å²) < 4.78 is 1.68. The number of piperazine rings is 1. The Morgan fingerprint density at radius 3 is 2.79 bits per heavy atom.